The first-order valence-corrected chi connectivity index (χ1v) is 6.73. The molecule has 0 fully saturated rings. The molecule has 1 N–H and O–H groups in total. The number of hydrogen-bond donors (Lipinski definition) is 1. The van der Waals surface area contributed by atoms with E-state index in [9.17, 15) is 4.39 Å². The topological polar surface area (TPSA) is 28.2 Å². The molecule has 0 aliphatic rings. The monoisotopic (exact) mass is 273 g/mol. The van der Waals surface area contributed by atoms with Gasteiger partial charge >= 0.3 is 0 Å². The number of pyridine rings is 1. The van der Waals surface area contributed by atoms with Gasteiger partial charge in [-0.3, -0.25) is 4.98 Å². The minimum absolute atomic E-state index is 0.164. The average molecular weight is 273 g/mol. The lowest BCUT2D eigenvalue weighted by atomic mass is 9.98. The zero-order valence-electron chi connectivity index (χ0n) is 12.1. The van der Waals surface area contributed by atoms with E-state index in [-0.39, 0.29) is 11.9 Å². The third-order valence-electron chi connectivity index (χ3n) is 3.24. The van der Waals surface area contributed by atoms with Crippen molar-refractivity contribution < 1.29 is 4.39 Å². The van der Waals surface area contributed by atoms with Crippen molar-refractivity contribution in [1.82, 2.24) is 10.3 Å². The fraction of sp³-hybridized carbons (Fsp3) is 0.312. The zero-order valence-corrected chi connectivity index (χ0v) is 12.1. The predicted molar refractivity (Wildman–Crippen MR) is 80.5 cm³/mol. The Morgan fingerprint density at radius 2 is 2.10 bits per heavy atom. The van der Waals surface area contributed by atoms with Gasteiger partial charge in [-0.2, -0.15) is 0 Å². The quantitative estimate of drug-likeness (QED) is 0.907. The number of hydrogen-bond acceptors (Lipinski definition) is 3. The fourth-order valence-corrected chi connectivity index (χ4v) is 2.21. The highest BCUT2D eigenvalue weighted by Gasteiger charge is 2.17. The lowest BCUT2D eigenvalue weighted by molar-refractivity contribution is 0.554. The second kappa shape index (κ2) is 6.48. The molecule has 2 aromatic rings. The zero-order chi connectivity index (χ0) is 14.5. The molecule has 0 aliphatic carbocycles. The summed E-state index contributed by atoms with van der Waals surface area (Å²) in [5.74, 6) is -0.284. The number of benzene rings is 1. The summed E-state index contributed by atoms with van der Waals surface area (Å²) in [6.07, 6.45) is 2.88. The number of halogens is 1. The largest absolute Gasteiger partial charge is 0.378 e. The van der Waals surface area contributed by atoms with Gasteiger partial charge in [-0.1, -0.05) is 19.1 Å². The maximum absolute atomic E-state index is 14.0. The lowest BCUT2D eigenvalue weighted by Crippen LogP contribution is -2.23. The molecule has 1 aromatic heterocycles. The van der Waals surface area contributed by atoms with E-state index in [2.05, 4.69) is 16.4 Å². The maximum atomic E-state index is 14.0. The molecule has 0 aliphatic heterocycles. The first-order valence-electron chi connectivity index (χ1n) is 6.73. The van der Waals surface area contributed by atoms with E-state index in [0.717, 1.165) is 17.8 Å². The standard InChI is InChI=1S/C16H20FN3/c1-4-19-16(14-8-9-18-11-15(14)17)12-6-5-7-13(10-12)20(2)3/h5-11,16,19H,4H2,1-3H3. The Balaban J connectivity index is 2.43. The van der Waals surface area contributed by atoms with Gasteiger partial charge < -0.3 is 10.2 Å². The molecule has 1 heterocycles. The van der Waals surface area contributed by atoms with E-state index >= 15 is 0 Å². The van der Waals surface area contributed by atoms with Gasteiger partial charge in [0.15, 0.2) is 0 Å². The van der Waals surface area contributed by atoms with Gasteiger partial charge in [-0.25, -0.2) is 4.39 Å². The summed E-state index contributed by atoms with van der Waals surface area (Å²) in [5.41, 5.74) is 2.76. The van der Waals surface area contributed by atoms with Gasteiger partial charge in [0.05, 0.1) is 12.2 Å². The second-order valence-electron chi connectivity index (χ2n) is 4.88. The van der Waals surface area contributed by atoms with Crippen molar-refractivity contribution in [2.75, 3.05) is 25.5 Å². The summed E-state index contributed by atoms with van der Waals surface area (Å²) in [7, 11) is 3.99. The number of nitrogens with zero attached hydrogens (tertiary/aromatic N) is 2. The van der Waals surface area contributed by atoms with E-state index in [1.54, 1.807) is 12.3 Å². The first-order chi connectivity index (χ1) is 9.63. The summed E-state index contributed by atoms with van der Waals surface area (Å²) >= 11 is 0. The maximum Gasteiger partial charge on any atom is 0.146 e. The van der Waals surface area contributed by atoms with Crippen LogP contribution < -0.4 is 10.2 Å². The highest BCUT2D eigenvalue weighted by molar-refractivity contribution is 5.49. The van der Waals surface area contributed by atoms with Crippen LogP contribution in [-0.4, -0.2) is 25.6 Å². The van der Waals surface area contributed by atoms with Crippen molar-refractivity contribution in [1.29, 1.82) is 0 Å². The normalized spacial score (nSPS) is 12.2. The van der Waals surface area contributed by atoms with Gasteiger partial charge in [0.1, 0.15) is 5.82 Å². The Morgan fingerprint density at radius 1 is 1.30 bits per heavy atom. The van der Waals surface area contributed by atoms with Crippen LogP contribution in [0.4, 0.5) is 10.1 Å². The van der Waals surface area contributed by atoms with Crippen molar-refractivity contribution in [3.63, 3.8) is 0 Å². The van der Waals surface area contributed by atoms with E-state index in [0.29, 0.717) is 5.56 Å². The van der Waals surface area contributed by atoms with Crippen LogP contribution in [0.3, 0.4) is 0 Å². The van der Waals surface area contributed by atoms with E-state index in [4.69, 9.17) is 0 Å². The molecule has 1 aromatic carbocycles. The van der Waals surface area contributed by atoms with Crippen molar-refractivity contribution >= 4 is 5.69 Å². The summed E-state index contributed by atoms with van der Waals surface area (Å²) in [4.78, 5) is 5.85. The number of anilines is 1. The van der Waals surface area contributed by atoms with Crippen LogP contribution in [0.1, 0.15) is 24.1 Å². The molecule has 0 saturated carbocycles. The number of aromatic nitrogens is 1. The van der Waals surface area contributed by atoms with Gasteiger partial charge in [-0.05, 0) is 30.3 Å². The lowest BCUT2D eigenvalue weighted by Gasteiger charge is -2.21. The highest BCUT2D eigenvalue weighted by Crippen LogP contribution is 2.26. The SMILES string of the molecule is CCNC(c1cccc(N(C)C)c1)c1ccncc1F. The molecular formula is C16H20FN3. The van der Waals surface area contributed by atoms with Crippen LogP contribution in [0.5, 0.6) is 0 Å². The Morgan fingerprint density at radius 3 is 2.75 bits per heavy atom. The molecular weight excluding hydrogens is 253 g/mol. The van der Waals surface area contributed by atoms with E-state index in [1.807, 2.05) is 44.1 Å². The van der Waals surface area contributed by atoms with Crippen LogP contribution in [0.2, 0.25) is 0 Å². The predicted octanol–water partition coefficient (Wildman–Crippen LogP) is 2.99. The average Bonchev–Trinajstić information content (AvgIpc) is 2.46. The van der Waals surface area contributed by atoms with Gasteiger partial charge in [0.25, 0.3) is 0 Å². The Labute approximate surface area is 119 Å². The van der Waals surface area contributed by atoms with Crippen molar-refractivity contribution in [3.05, 3.63) is 59.7 Å². The van der Waals surface area contributed by atoms with Crippen LogP contribution in [0.25, 0.3) is 0 Å². The van der Waals surface area contributed by atoms with Crippen molar-refractivity contribution in [2.45, 2.75) is 13.0 Å². The van der Waals surface area contributed by atoms with E-state index in [1.165, 1.54) is 6.20 Å². The summed E-state index contributed by atoms with van der Waals surface area (Å²) in [6.45, 7) is 2.78. The third kappa shape index (κ3) is 3.14. The molecule has 0 bridgehead atoms. The molecule has 4 heteroatoms. The Hall–Kier alpha value is -1.94. The van der Waals surface area contributed by atoms with Gasteiger partial charge in [-0.15, -0.1) is 0 Å². The minimum atomic E-state index is -0.284. The molecule has 20 heavy (non-hydrogen) atoms. The molecule has 3 nitrogen and oxygen atoms in total. The smallest absolute Gasteiger partial charge is 0.146 e. The van der Waals surface area contributed by atoms with Crippen molar-refractivity contribution in [2.24, 2.45) is 0 Å². The summed E-state index contributed by atoms with van der Waals surface area (Å²) in [6, 6.07) is 9.69. The fourth-order valence-electron chi connectivity index (χ4n) is 2.21. The van der Waals surface area contributed by atoms with Crippen LogP contribution in [0.15, 0.2) is 42.7 Å². The van der Waals surface area contributed by atoms with Crippen LogP contribution in [-0.2, 0) is 0 Å². The molecule has 0 amide bonds. The van der Waals surface area contributed by atoms with Crippen LogP contribution in [0, 0.1) is 5.82 Å². The Bertz CT molecular complexity index is 569. The Kier molecular flexibility index (Phi) is 4.69. The molecule has 2 rings (SSSR count). The highest BCUT2D eigenvalue weighted by atomic mass is 19.1. The third-order valence-corrected chi connectivity index (χ3v) is 3.24. The van der Waals surface area contributed by atoms with Crippen molar-refractivity contribution in [3.8, 4) is 0 Å². The number of rotatable bonds is 5. The molecule has 0 spiro atoms. The number of nitrogens with one attached hydrogen (secondary N) is 1. The molecule has 0 radical (unpaired) electrons. The van der Waals surface area contributed by atoms with Gasteiger partial charge in [0.2, 0.25) is 0 Å². The minimum Gasteiger partial charge on any atom is -0.378 e. The van der Waals surface area contributed by atoms with Gasteiger partial charge in [0, 0.05) is 31.5 Å². The molecule has 106 valence electrons. The molecule has 1 unspecified atom stereocenters. The van der Waals surface area contributed by atoms with Crippen LogP contribution >= 0.6 is 0 Å². The molecule has 0 saturated heterocycles. The second-order valence-corrected chi connectivity index (χ2v) is 4.88. The molecule has 1 atom stereocenters. The summed E-state index contributed by atoms with van der Waals surface area (Å²) in [5, 5.41) is 3.34. The first kappa shape index (κ1) is 14.5. The summed E-state index contributed by atoms with van der Waals surface area (Å²) < 4.78 is 14.0. The van der Waals surface area contributed by atoms with E-state index < -0.39 is 0 Å².